The lowest BCUT2D eigenvalue weighted by atomic mass is 10.1. The molecule has 1 aliphatic heterocycles. The topological polar surface area (TPSA) is 154 Å². The third-order valence-corrected chi connectivity index (χ3v) is 5.34. The predicted octanol–water partition coefficient (Wildman–Crippen LogP) is 2.58. The first-order valence-corrected chi connectivity index (χ1v) is 10.5. The lowest BCUT2D eigenvalue weighted by Gasteiger charge is -2.21. The summed E-state index contributed by atoms with van der Waals surface area (Å²) in [5.41, 5.74) is 0.0411. The molecule has 1 N–H and O–H groups in total. The quantitative estimate of drug-likeness (QED) is 0.236. The zero-order chi connectivity index (χ0) is 25.3. The highest BCUT2D eigenvalue weighted by Crippen LogP contribution is 2.32. The Hall–Kier alpha value is -4.87. The van der Waals surface area contributed by atoms with E-state index >= 15 is 0 Å². The number of nitro groups is 1. The monoisotopic (exact) mass is 477 g/mol. The Balaban J connectivity index is 1.52. The second kappa shape index (κ2) is 9.17. The number of anilines is 1. The molecule has 2 aromatic carbocycles. The number of ether oxygens (including phenoxy) is 1. The van der Waals surface area contributed by atoms with Crippen LogP contribution in [-0.2, 0) is 9.53 Å². The smallest absolute Gasteiger partial charge is 0.358 e. The molecule has 1 aliphatic rings. The molecule has 12 nitrogen and oxygen atoms in total. The molecule has 0 radical (unpaired) electrons. The molecule has 2 heterocycles. The van der Waals surface area contributed by atoms with E-state index in [1.54, 1.807) is 37.4 Å². The van der Waals surface area contributed by atoms with Crippen molar-refractivity contribution in [2.45, 2.75) is 19.9 Å². The molecule has 1 atom stereocenters. The molecular formula is C23H19N5O7. The fraction of sp³-hybridized carbons (Fsp3) is 0.174. The summed E-state index contributed by atoms with van der Waals surface area (Å²) in [7, 11) is 0. The van der Waals surface area contributed by atoms with E-state index in [9.17, 15) is 29.3 Å². The summed E-state index contributed by atoms with van der Waals surface area (Å²) in [6, 6.07) is 10.5. The van der Waals surface area contributed by atoms with Gasteiger partial charge in [0, 0.05) is 18.0 Å². The molecular weight excluding hydrogens is 458 g/mol. The van der Waals surface area contributed by atoms with Gasteiger partial charge in [-0.1, -0.05) is 12.1 Å². The number of rotatable bonds is 7. The Bertz CT molecular complexity index is 1380. The second-order valence-electron chi connectivity index (χ2n) is 7.52. The fourth-order valence-electron chi connectivity index (χ4n) is 3.66. The van der Waals surface area contributed by atoms with E-state index < -0.39 is 40.3 Å². The van der Waals surface area contributed by atoms with Gasteiger partial charge in [0.1, 0.15) is 11.6 Å². The zero-order valence-electron chi connectivity index (χ0n) is 18.6. The van der Waals surface area contributed by atoms with Crippen molar-refractivity contribution in [2.24, 2.45) is 0 Å². The molecule has 0 aliphatic carbocycles. The first kappa shape index (κ1) is 23.3. The third kappa shape index (κ3) is 4.24. The first-order chi connectivity index (χ1) is 16.7. The van der Waals surface area contributed by atoms with Gasteiger partial charge in [-0.2, -0.15) is 5.10 Å². The standard InChI is InChI=1S/C23H19N5O7/c1-3-35-23(32)17-10-11-26(25-17)15-7-4-6-14(12-15)24-20(29)13(2)27-21(30)16-8-5-9-18(28(33)34)19(16)22(27)31/h4-13H,3H2,1-2H3,(H,24,29). The summed E-state index contributed by atoms with van der Waals surface area (Å²) in [4.78, 5) is 61.6. The van der Waals surface area contributed by atoms with Gasteiger partial charge in [0.25, 0.3) is 17.5 Å². The molecule has 1 unspecified atom stereocenters. The van der Waals surface area contributed by atoms with E-state index in [2.05, 4.69) is 10.4 Å². The SMILES string of the molecule is CCOC(=O)c1ccn(-c2cccc(NC(=O)C(C)N3C(=O)c4cccc([N+](=O)[O-])c4C3=O)c2)n1. The maximum atomic E-state index is 12.9. The van der Waals surface area contributed by atoms with Crippen LogP contribution in [0.15, 0.2) is 54.7 Å². The van der Waals surface area contributed by atoms with E-state index in [4.69, 9.17) is 4.74 Å². The number of aromatic nitrogens is 2. The van der Waals surface area contributed by atoms with Crippen LogP contribution in [0.3, 0.4) is 0 Å². The van der Waals surface area contributed by atoms with Gasteiger partial charge in [-0.25, -0.2) is 9.48 Å². The Morgan fingerprint density at radius 2 is 1.89 bits per heavy atom. The average molecular weight is 477 g/mol. The molecule has 4 rings (SSSR count). The summed E-state index contributed by atoms with van der Waals surface area (Å²) < 4.78 is 6.35. The average Bonchev–Trinajstić information content (AvgIpc) is 3.43. The molecule has 0 saturated heterocycles. The highest BCUT2D eigenvalue weighted by molar-refractivity contribution is 6.24. The summed E-state index contributed by atoms with van der Waals surface area (Å²) >= 11 is 0. The van der Waals surface area contributed by atoms with Crippen LogP contribution in [0.4, 0.5) is 11.4 Å². The van der Waals surface area contributed by atoms with Gasteiger partial charge < -0.3 is 10.1 Å². The van der Waals surface area contributed by atoms with Crippen LogP contribution in [0.1, 0.15) is 45.1 Å². The van der Waals surface area contributed by atoms with E-state index in [-0.39, 0.29) is 23.4 Å². The number of benzene rings is 2. The molecule has 3 aromatic rings. The molecule has 1 aromatic heterocycles. The Labute approximate surface area is 198 Å². The van der Waals surface area contributed by atoms with Gasteiger partial charge >= 0.3 is 5.97 Å². The van der Waals surface area contributed by atoms with Gasteiger partial charge in [0.05, 0.1) is 22.8 Å². The van der Waals surface area contributed by atoms with E-state index in [0.717, 1.165) is 6.07 Å². The summed E-state index contributed by atoms with van der Waals surface area (Å²) in [5, 5.41) is 18.1. The Morgan fingerprint density at radius 1 is 1.14 bits per heavy atom. The number of carbonyl (C=O) groups is 4. The van der Waals surface area contributed by atoms with Crippen molar-refractivity contribution in [2.75, 3.05) is 11.9 Å². The van der Waals surface area contributed by atoms with Gasteiger partial charge in [0.2, 0.25) is 5.91 Å². The highest BCUT2D eigenvalue weighted by Gasteiger charge is 2.44. The number of hydrogen-bond acceptors (Lipinski definition) is 8. The predicted molar refractivity (Wildman–Crippen MR) is 121 cm³/mol. The minimum absolute atomic E-state index is 0.120. The Morgan fingerprint density at radius 3 is 2.60 bits per heavy atom. The number of nitrogens with one attached hydrogen (secondary N) is 1. The maximum absolute atomic E-state index is 12.9. The highest BCUT2D eigenvalue weighted by atomic mass is 16.6. The van der Waals surface area contributed by atoms with Crippen LogP contribution in [0.2, 0.25) is 0 Å². The third-order valence-electron chi connectivity index (χ3n) is 5.34. The van der Waals surface area contributed by atoms with Gasteiger partial charge in [0.15, 0.2) is 5.69 Å². The molecule has 0 saturated carbocycles. The molecule has 0 spiro atoms. The van der Waals surface area contributed by atoms with Crippen LogP contribution in [0.25, 0.3) is 5.69 Å². The number of nitrogens with zero attached hydrogens (tertiary/aromatic N) is 4. The van der Waals surface area contributed by atoms with Gasteiger partial charge in [-0.3, -0.25) is 29.4 Å². The number of carbonyl (C=O) groups excluding carboxylic acids is 4. The number of hydrogen-bond donors (Lipinski definition) is 1. The van der Waals surface area contributed by atoms with Crippen LogP contribution >= 0.6 is 0 Å². The summed E-state index contributed by atoms with van der Waals surface area (Å²) in [6.07, 6.45) is 1.56. The summed E-state index contributed by atoms with van der Waals surface area (Å²) in [5.74, 6) is -2.93. The number of fused-ring (bicyclic) bond motifs is 1. The minimum Gasteiger partial charge on any atom is -0.461 e. The van der Waals surface area contributed by atoms with Crippen molar-refractivity contribution in [3.8, 4) is 5.69 Å². The number of imide groups is 1. The molecule has 0 bridgehead atoms. The van der Waals surface area contributed by atoms with Crippen molar-refractivity contribution in [1.29, 1.82) is 0 Å². The van der Waals surface area contributed by atoms with Crippen molar-refractivity contribution in [3.63, 3.8) is 0 Å². The van der Waals surface area contributed by atoms with Crippen molar-refractivity contribution in [1.82, 2.24) is 14.7 Å². The molecule has 35 heavy (non-hydrogen) atoms. The minimum atomic E-state index is -1.24. The Kier molecular flexibility index (Phi) is 6.10. The van der Waals surface area contributed by atoms with Gasteiger partial charge in [-0.05, 0) is 44.2 Å². The van der Waals surface area contributed by atoms with E-state index in [0.29, 0.717) is 16.3 Å². The van der Waals surface area contributed by atoms with Crippen LogP contribution in [0.5, 0.6) is 0 Å². The zero-order valence-corrected chi connectivity index (χ0v) is 18.6. The number of nitro benzene ring substituents is 1. The maximum Gasteiger partial charge on any atom is 0.358 e. The lowest BCUT2D eigenvalue weighted by molar-refractivity contribution is -0.385. The molecule has 0 fully saturated rings. The van der Waals surface area contributed by atoms with Crippen LogP contribution < -0.4 is 5.32 Å². The van der Waals surface area contributed by atoms with Gasteiger partial charge in [-0.15, -0.1) is 0 Å². The molecule has 12 heteroatoms. The summed E-state index contributed by atoms with van der Waals surface area (Å²) in [6.45, 7) is 3.25. The van der Waals surface area contributed by atoms with Crippen LogP contribution in [-0.4, -0.2) is 55.9 Å². The molecule has 3 amide bonds. The largest absolute Gasteiger partial charge is 0.461 e. The van der Waals surface area contributed by atoms with E-state index in [1.807, 2.05) is 0 Å². The number of esters is 1. The fourth-order valence-corrected chi connectivity index (χ4v) is 3.66. The van der Waals surface area contributed by atoms with E-state index in [1.165, 1.54) is 29.8 Å². The second-order valence-corrected chi connectivity index (χ2v) is 7.52. The lowest BCUT2D eigenvalue weighted by Crippen LogP contribution is -2.45. The first-order valence-electron chi connectivity index (χ1n) is 10.5. The molecule has 178 valence electrons. The van der Waals surface area contributed by atoms with Crippen molar-refractivity contribution < 1.29 is 28.8 Å². The van der Waals surface area contributed by atoms with Crippen molar-refractivity contribution in [3.05, 3.63) is 81.7 Å². The normalized spacial score (nSPS) is 13.4. The van der Waals surface area contributed by atoms with Crippen LogP contribution in [0, 0.1) is 10.1 Å². The number of amides is 3. The van der Waals surface area contributed by atoms with Crippen molar-refractivity contribution >= 4 is 35.1 Å².